The minimum Gasteiger partial charge on any atom is -0.481 e. The predicted molar refractivity (Wildman–Crippen MR) is 189 cm³/mol. The molecule has 0 fully saturated rings. The summed E-state index contributed by atoms with van der Waals surface area (Å²) < 4.78 is 31.2. The third-order valence-electron chi connectivity index (χ3n) is 8.27. The standard InChI is InChI=1S/C38H49F2N5O6/c1-38(2,3)37(32-21-27(30-22-28(39)12-13-31(30)40)25-44(32)24-26-9-5-4-6-10-26)45(20-8-18-41)35(49)16-14-33(47)42-19-7-11-29(46)23-43-34(48)15-17-36(50)51/h4-6,9-10,12-13,21-22,25,37H,7-8,11,14-20,23-24,41H2,1-3H3,(H,42,47)(H,43,48)(H,50,51). The van der Waals surface area contributed by atoms with Gasteiger partial charge >= 0.3 is 5.97 Å². The number of aromatic nitrogens is 1. The van der Waals surface area contributed by atoms with E-state index in [9.17, 15) is 28.4 Å². The third kappa shape index (κ3) is 13.1. The third-order valence-corrected chi connectivity index (χ3v) is 8.27. The van der Waals surface area contributed by atoms with Gasteiger partial charge in [-0.25, -0.2) is 8.78 Å². The highest BCUT2D eigenvalue weighted by molar-refractivity contribution is 5.87. The van der Waals surface area contributed by atoms with Crippen LogP contribution in [0, 0.1) is 17.0 Å². The Labute approximate surface area is 297 Å². The van der Waals surface area contributed by atoms with E-state index in [-0.39, 0.29) is 68.4 Å². The van der Waals surface area contributed by atoms with Crippen molar-refractivity contribution in [1.29, 1.82) is 0 Å². The number of carbonyl (C=O) groups is 5. The van der Waals surface area contributed by atoms with Gasteiger partial charge in [0.05, 0.1) is 19.0 Å². The van der Waals surface area contributed by atoms with Gasteiger partial charge in [0.15, 0.2) is 5.78 Å². The molecule has 0 radical (unpaired) electrons. The first kappa shape index (κ1) is 40.5. The zero-order chi connectivity index (χ0) is 37.6. The molecule has 3 amide bonds. The molecule has 1 heterocycles. The fraction of sp³-hybridized carbons (Fsp3) is 0.447. The van der Waals surface area contributed by atoms with Crippen LogP contribution in [0.4, 0.5) is 8.78 Å². The van der Waals surface area contributed by atoms with Crippen LogP contribution < -0.4 is 16.4 Å². The summed E-state index contributed by atoms with van der Waals surface area (Å²) in [6.45, 7) is 7.03. The maximum Gasteiger partial charge on any atom is 0.303 e. The van der Waals surface area contributed by atoms with Crippen molar-refractivity contribution >= 4 is 29.5 Å². The number of carboxylic acid groups (broad SMARTS) is 1. The van der Waals surface area contributed by atoms with Gasteiger partial charge in [0.2, 0.25) is 17.7 Å². The zero-order valence-electron chi connectivity index (χ0n) is 29.6. The van der Waals surface area contributed by atoms with Gasteiger partial charge in [0.1, 0.15) is 11.6 Å². The molecule has 0 aliphatic heterocycles. The van der Waals surface area contributed by atoms with E-state index >= 15 is 4.39 Å². The van der Waals surface area contributed by atoms with E-state index in [1.807, 2.05) is 55.7 Å². The smallest absolute Gasteiger partial charge is 0.303 e. The maximum absolute atomic E-state index is 15.0. The number of benzene rings is 2. The normalized spacial score (nSPS) is 11.9. The molecule has 276 valence electrons. The average Bonchev–Trinajstić information content (AvgIpc) is 3.48. The SMILES string of the molecule is CC(C)(C)C(c1cc(-c2cc(F)ccc2F)cn1Cc1ccccc1)N(CCCN)C(=O)CCC(=O)NCCCC(=O)CNC(=O)CCC(=O)O. The number of halogens is 2. The lowest BCUT2D eigenvalue weighted by atomic mass is 9.82. The maximum atomic E-state index is 15.0. The van der Waals surface area contributed by atoms with Gasteiger partial charge in [0.25, 0.3) is 0 Å². The van der Waals surface area contributed by atoms with Crippen LogP contribution in [0.5, 0.6) is 0 Å². The summed E-state index contributed by atoms with van der Waals surface area (Å²) in [6.07, 6.45) is 1.99. The number of carboxylic acids is 1. The molecule has 0 saturated carbocycles. The van der Waals surface area contributed by atoms with Gasteiger partial charge in [-0.15, -0.1) is 0 Å². The number of Topliss-reactive ketones (excluding diaryl/α,β-unsaturated/α-hetero) is 1. The Morgan fingerprint density at radius 3 is 2.24 bits per heavy atom. The predicted octanol–water partition coefficient (Wildman–Crippen LogP) is 4.97. The van der Waals surface area contributed by atoms with Crippen LogP contribution >= 0.6 is 0 Å². The van der Waals surface area contributed by atoms with Gasteiger partial charge in [-0.05, 0) is 54.6 Å². The highest BCUT2D eigenvalue weighted by Gasteiger charge is 2.37. The molecule has 2 aromatic carbocycles. The summed E-state index contributed by atoms with van der Waals surface area (Å²) in [6, 6.07) is 14.3. The van der Waals surface area contributed by atoms with Crippen molar-refractivity contribution in [2.45, 2.75) is 78.3 Å². The molecule has 51 heavy (non-hydrogen) atoms. The second kappa shape index (κ2) is 19.5. The summed E-state index contributed by atoms with van der Waals surface area (Å²) in [7, 11) is 0. The van der Waals surface area contributed by atoms with E-state index in [0.29, 0.717) is 38.0 Å². The molecule has 0 bridgehead atoms. The first-order chi connectivity index (χ1) is 24.2. The molecule has 3 aromatic rings. The Morgan fingerprint density at radius 2 is 1.57 bits per heavy atom. The number of aliphatic carboxylic acids is 1. The van der Waals surface area contributed by atoms with Crippen molar-refractivity contribution in [2.24, 2.45) is 11.1 Å². The van der Waals surface area contributed by atoms with Gasteiger partial charge in [-0.1, -0.05) is 51.1 Å². The molecule has 11 nitrogen and oxygen atoms in total. The van der Waals surface area contributed by atoms with E-state index in [1.165, 1.54) is 0 Å². The van der Waals surface area contributed by atoms with Gasteiger partial charge < -0.3 is 30.9 Å². The Balaban J connectivity index is 1.74. The van der Waals surface area contributed by atoms with E-state index in [4.69, 9.17) is 10.8 Å². The van der Waals surface area contributed by atoms with Crippen LogP contribution in [0.2, 0.25) is 0 Å². The molecular formula is C38H49F2N5O6. The lowest BCUT2D eigenvalue weighted by molar-refractivity contribution is -0.139. The minimum absolute atomic E-state index is 0.0882. The molecule has 0 aliphatic rings. The zero-order valence-corrected chi connectivity index (χ0v) is 29.6. The Bertz CT molecular complexity index is 1650. The highest BCUT2D eigenvalue weighted by atomic mass is 19.1. The van der Waals surface area contributed by atoms with Crippen molar-refractivity contribution in [2.75, 3.05) is 26.2 Å². The van der Waals surface area contributed by atoms with Gasteiger partial charge in [0, 0.05) is 68.3 Å². The number of hydrogen-bond donors (Lipinski definition) is 4. The number of rotatable bonds is 20. The van der Waals surface area contributed by atoms with Gasteiger partial charge in [-0.3, -0.25) is 24.0 Å². The molecule has 1 atom stereocenters. The van der Waals surface area contributed by atoms with Crippen LogP contribution in [0.15, 0.2) is 60.8 Å². The van der Waals surface area contributed by atoms with E-state index in [0.717, 1.165) is 29.5 Å². The van der Waals surface area contributed by atoms with Crippen LogP contribution in [-0.2, 0) is 30.5 Å². The lowest BCUT2D eigenvalue weighted by Gasteiger charge is -2.41. The summed E-state index contributed by atoms with van der Waals surface area (Å²) in [4.78, 5) is 62.7. The summed E-state index contributed by atoms with van der Waals surface area (Å²) >= 11 is 0. The number of hydrogen-bond acceptors (Lipinski definition) is 6. The van der Waals surface area contributed by atoms with Crippen LogP contribution in [0.25, 0.3) is 11.1 Å². The summed E-state index contributed by atoms with van der Waals surface area (Å²) in [5.41, 5.74) is 7.64. The monoisotopic (exact) mass is 709 g/mol. The second-order valence-electron chi connectivity index (χ2n) is 13.6. The number of amides is 3. The number of carbonyl (C=O) groups excluding carboxylic acids is 4. The molecule has 1 aromatic heterocycles. The largest absolute Gasteiger partial charge is 0.481 e. The second-order valence-corrected chi connectivity index (χ2v) is 13.6. The topological polar surface area (TPSA) is 164 Å². The quantitative estimate of drug-likeness (QED) is 0.120. The van der Waals surface area contributed by atoms with Crippen LogP contribution in [0.1, 0.15) is 83.0 Å². The first-order valence-electron chi connectivity index (χ1n) is 17.2. The molecule has 5 N–H and O–H groups in total. The van der Waals surface area contributed by atoms with E-state index in [2.05, 4.69) is 10.6 Å². The highest BCUT2D eigenvalue weighted by Crippen LogP contribution is 2.41. The number of nitrogens with one attached hydrogen (secondary N) is 2. The molecule has 1 unspecified atom stereocenters. The van der Waals surface area contributed by atoms with Gasteiger partial charge in [-0.2, -0.15) is 0 Å². The molecule has 3 rings (SSSR count). The number of ketones is 1. The minimum atomic E-state index is -1.10. The number of nitrogens with zero attached hydrogens (tertiary/aromatic N) is 2. The first-order valence-corrected chi connectivity index (χ1v) is 17.2. The summed E-state index contributed by atoms with van der Waals surface area (Å²) in [5, 5.41) is 13.8. The summed E-state index contributed by atoms with van der Waals surface area (Å²) in [5.74, 6) is -3.65. The lowest BCUT2D eigenvalue weighted by Crippen LogP contribution is -2.43. The molecule has 0 saturated heterocycles. The Kier molecular flexibility index (Phi) is 15.5. The van der Waals surface area contributed by atoms with Crippen molar-refractivity contribution in [3.63, 3.8) is 0 Å². The van der Waals surface area contributed by atoms with E-state index in [1.54, 1.807) is 17.2 Å². The molecule has 0 spiro atoms. The molecule has 13 heteroatoms. The van der Waals surface area contributed by atoms with Crippen molar-refractivity contribution in [1.82, 2.24) is 20.1 Å². The molecule has 0 aliphatic carbocycles. The fourth-order valence-corrected chi connectivity index (χ4v) is 5.83. The van der Waals surface area contributed by atoms with Crippen molar-refractivity contribution in [3.05, 3.63) is 83.7 Å². The Morgan fingerprint density at radius 1 is 0.882 bits per heavy atom. The van der Waals surface area contributed by atoms with Crippen molar-refractivity contribution < 1.29 is 37.9 Å². The fourth-order valence-electron chi connectivity index (χ4n) is 5.83. The average molecular weight is 710 g/mol. The van der Waals surface area contributed by atoms with Crippen LogP contribution in [0.3, 0.4) is 0 Å². The number of nitrogens with two attached hydrogens (primary N) is 1. The Hall–Kier alpha value is -4.91. The van der Waals surface area contributed by atoms with Crippen molar-refractivity contribution in [3.8, 4) is 11.1 Å². The van der Waals surface area contributed by atoms with E-state index < -0.39 is 35.0 Å². The molecular weight excluding hydrogens is 660 g/mol. The van der Waals surface area contributed by atoms with Crippen LogP contribution in [-0.4, -0.2) is 70.2 Å².